The molecule has 206 valence electrons. The predicted octanol–water partition coefficient (Wildman–Crippen LogP) is 4.84. The number of carbonyl (C=O) groups excluding carboxylic acids is 2. The summed E-state index contributed by atoms with van der Waals surface area (Å²) in [7, 11) is 0. The molecule has 0 fully saturated rings. The van der Waals surface area contributed by atoms with Gasteiger partial charge in [0.15, 0.2) is 0 Å². The highest BCUT2D eigenvalue weighted by Gasteiger charge is 2.36. The van der Waals surface area contributed by atoms with Crippen molar-refractivity contribution in [3.8, 4) is 5.75 Å². The normalized spacial score (nSPS) is 15.5. The second-order valence-electron chi connectivity index (χ2n) is 8.66. The third-order valence-corrected chi connectivity index (χ3v) is 6.22. The van der Waals surface area contributed by atoms with E-state index in [1.54, 1.807) is 0 Å². The Morgan fingerprint density at radius 1 is 1.10 bits per heavy atom. The van der Waals surface area contributed by atoms with Crippen LogP contribution >= 0.6 is 11.6 Å². The molecule has 0 saturated heterocycles. The summed E-state index contributed by atoms with van der Waals surface area (Å²) in [5, 5.41) is 23.9. The number of hydrogen-bond donors (Lipinski definition) is 4. The van der Waals surface area contributed by atoms with Gasteiger partial charge in [-0.15, -0.1) is 0 Å². The van der Waals surface area contributed by atoms with Crippen LogP contribution in [0, 0.1) is 11.6 Å². The zero-order valence-electron chi connectivity index (χ0n) is 19.8. The van der Waals surface area contributed by atoms with Gasteiger partial charge in [0.2, 0.25) is 0 Å². The lowest BCUT2D eigenvalue weighted by molar-refractivity contribution is -0.137. The largest absolute Gasteiger partial charge is 0.491 e. The third kappa shape index (κ3) is 6.29. The molecular weight excluding hydrogens is 551 g/mol. The van der Waals surface area contributed by atoms with Crippen molar-refractivity contribution in [2.24, 2.45) is 0 Å². The van der Waals surface area contributed by atoms with Gasteiger partial charge in [-0.2, -0.15) is 13.2 Å². The Labute approximate surface area is 223 Å². The second-order valence-corrected chi connectivity index (χ2v) is 9.07. The van der Waals surface area contributed by atoms with Crippen LogP contribution in [0.4, 0.5) is 27.6 Å². The second kappa shape index (κ2) is 11.2. The zero-order valence-corrected chi connectivity index (χ0v) is 20.5. The van der Waals surface area contributed by atoms with Gasteiger partial charge in [0, 0.05) is 34.4 Å². The number of amides is 2. The van der Waals surface area contributed by atoms with Crippen molar-refractivity contribution in [1.82, 2.24) is 5.32 Å². The lowest BCUT2D eigenvalue weighted by Gasteiger charge is -2.19. The first-order valence-corrected chi connectivity index (χ1v) is 11.8. The topological polar surface area (TPSA) is 108 Å². The molecule has 0 spiro atoms. The first-order chi connectivity index (χ1) is 18.4. The van der Waals surface area contributed by atoms with Crippen LogP contribution in [0.2, 0.25) is 5.02 Å². The van der Waals surface area contributed by atoms with Gasteiger partial charge < -0.3 is 25.6 Å². The van der Waals surface area contributed by atoms with Gasteiger partial charge >= 0.3 is 6.18 Å². The lowest BCUT2D eigenvalue weighted by atomic mass is 9.95. The maximum absolute atomic E-state index is 14.1. The highest BCUT2D eigenvalue weighted by Crippen LogP contribution is 2.41. The molecule has 13 heteroatoms. The van der Waals surface area contributed by atoms with Gasteiger partial charge in [-0.3, -0.25) is 9.59 Å². The fourth-order valence-electron chi connectivity index (χ4n) is 4.07. The minimum absolute atomic E-state index is 0.00370. The van der Waals surface area contributed by atoms with Crippen LogP contribution in [0.25, 0.3) is 0 Å². The average molecular weight is 571 g/mol. The molecule has 3 aromatic carbocycles. The van der Waals surface area contributed by atoms with Crippen molar-refractivity contribution >= 4 is 29.1 Å². The van der Waals surface area contributed by atoms with Crippen molar-refractivity contribution in [2.45, 2.75) is 24.7 Å². The Kier molecular flexibility index (Phi) is 8.09. The van der Waals surface area contributed by atoms with E-state index in [4.69, 9.17) is 21.4 Å². The smallest absolute Gasteiger partial charge is 0.416 e. The summed E-state index contributed by atoms with van der Waals surface area (Å²) in [5.41, 5.74) is -1.94. The van der Waals surface area contributed by atoms with Gasteiger partial charge in [-0.05, 0) is 48.9 Å². The van der Waals surface area contributed by atoms with Crippen molar-refractivity contribution in [3.05, 3.63) is 93.0 Å². The van der Waals surface area contributed by atoms with Crippen molar-refractivity contribution in [3.63, 3.8) is 0 Å². The van der Waals surface area contributed by atoms with E-state index in [1.807, 2.05) is 0 Å². The molecule has 1 heterocycles. The molecule has 39 heavy (non-hydrogen) atoms. The number of rotatable bonds is 8. The Bertz CT molecular complexity index is 1430. The summed E-state index contributed by atoms with van der Waals surface area (Å²) in [6.07, 6.45) is -5.99. The number of carbonyl (C=O) groups is 2. The highest BCUT2D eigenvalue weighted by atomic mass is 35.5. The summed E-state index contributed by atoms with van der Waals surface area (Å²) < 4.78 is 73.1. The number of ether oxygens (including phenoxy) is 1. The molecule has 2 unspecified atom stereocenters. The van der Waals surface area contributed by atoms with Crippen LogP contribution in [0.3, 0.4) is 0 Å². The fraction of sp³-hybridized carbons (Fsp3) is 0.231. The maximum atomic E-state index is 14.1. The summed E-state index contributed by atoms with van der Waals surface area (Å²) in [5.74, 6) is -3.77. The fourth-order valence-corrected chi connectivity index (χ4v) is 4.29. The average Bonchev–Trinajstić information content (AvgIpc) is 3.20. The molecule has 0 aliphatic carbocycles. The Morgan fingerprint density at radius 3 is 2.54 bits per heavy atom. The van der Waals surface area contributed by atoms with E-state index in [0.717, 1.165) is 12.1 Å². The summed E-state index contributed by atoms with van der Waals surface area (Å²) >= 11 is 6.24. The quantitative estimate of drug-likeness (QED) is 0.290. The van der Waals surface area contributed by atoms with Crippen molar-refractivity contribution in [1.29, 1.82) is 0 Å². The molecule has 1 aliphatic rings. The van der Waals surface area contributed by atoms with E-state index < -0.39 is 52.9 Å². The van der Waals surface area contributed by atoms with E-state index in [9.17, 15) is 36.6 Å². The van der Waals surface area contributed by atoms with Crippen LogP contribution in [0.1, 0.15) is 49.9 Å². The number of benzene rings is 3. The molecule has 0 radical (unpaired) electrons. The maximum Gasteiger partial charge on any atom is 0.416 e. The van der Waals surface area contributed by atoms with Crippen LogP contribution in [0.5, 0.6) is 5.75 Å². The van der Waals surface area contributed by atoms with E-state index in [0.29, 0.717) is 12.1 Å². The SMILES string of the molecule is O=C(Nc1cc(OCC(O)CCO)cc2c1C(c1cc(F)ccc1Cl)NC2=O)c1cc(F)cc(C(F)(F)F)c1. The van der Waals surface area contributed by atoms with E-state index in [2.05, 4.69) is 10.6 Å². The first-order valence-electron chi connectivity index (χ1n) is 11.4. The highest BCUT2D eigenvalue weighted by molar-refractivity contribution is 6.31. The van der Waals surface area contributed by atoms with Gasteiger partial charge in [-0.25, -0.2) is 8.78 Å². The van der Waals surface area contributed by atoms with Crippen LogP contribution in [-0.4, -0.2) is 41.3 Å². The van der Waals surface area contributed by atoms with Crippen molar-refractivity contribution < 1.29 is 46.5 Å². The molecule has 7 nitrogen and oxygen atoms in total. The van der Waals surface area contributed by atoms with E-state index in [-0.39, 0.29) is 58.9 Å². The van der Waals surface area contributed by atoms with Gasteiger partial charge in [0.1, 0.15) is 24.0 Å². The number of aliphatic hydroxyl groups excluding tert-OH is 2. The number of anilines is 1. The standard InChI is InChI=1S/C26H20ClF5N2O5/c27-20-2-1-14(28)8-18(20)23-22-19(25(38)34-23)9-17(39-11-16(36)3-4-35)10-21(22)33-24(37)12-5-13(26(30,31)32)7-15(29)6-12/h1-2,5-10,16,23,35-36H,3-4,11H2,(H,33,37)(H,34,38). The lowest BCUT2D eigenvalue weighted by Crippen LogP contribution is -2.21. The zero-order chi connectivity index (χ0) is 28.5. The van der Waals surface area contributed by atoms with Crippen LogP contribution < -0.4 is 15.4 Å². The summed E-state index contributed by atoms with van der Waals surface area (Å²) in [4.78, 5) is 25.9. The van der Waals surface area contributed by atoms with Gasteiger partial charge in [0.05, 0.1) is 29.0 Å². The third-order valence-electron chi connectivity index (χ3n) is 5.87. The summed E-state index contributed by atoms with van der Waals surface area (Å²) in [6.45, 7) is -0.617. The number of fused-ring (bicyclic) bond motifs is 1. The molecular formula is C26H20ClF5N2O5. The first kappa shape index (κ1) is 28.3. The number of nitrogens with one attached hydrogen (secondary N) is 2. The molecule has 0 bridgehead atoms. The molecule has 3 aromatic rings. The molecule has 4 rings (SSSR count). The predicted molar refractivity (Wildman–Crippen MR) is 130 cm³/mol. The minimum atomic E-state index is -4.92. The molecule has 0 aromatic heterocycles. The number of alkyl halides is 3. The minimum Gasteiger partial charge on any atom is -0.491 e. The van der Waals surface area contributed by atoms with Gasteiger partial charge in [-0.1, -0.05) is 11.6 Å². The van der Waals surface area contributed by atoms with E-state index >= 15 is 0 Å². The molecule has 1 aliphatic heterocycles. The molecule has 4 N–H and O–H groups in total. The van der Waals surface area contributed by atoms with Crippen LogP contribution in [0.15, 0.2) is 48.5 Å². The Hall–Kier alpha value is -3.74. The van der Waals surface area contributed by atoms with Crippen molar-refractivity contribution in [2.75, 3.05) is 18.5 Å². The number of halogens is 6. The summed E-state index contributed by atoms with van der Waals surface area (Å²) in [6, 6.07) is 6.23. The van der Waals surface area contributed by atoms with E-state index in [1.165, 1.54) is 18.2 Å². The Balaban J connectivity index is 1.79. The number of hydrogen-bond acceptors (Lipinski definition) is 5. The molecule has 0 saturated carbocycles. The van der Waals surface area contributed by atoms with Gasteiger partial charge in [0.25, 0.3) is 11.8 Å². The number of aliphatic hydroxyl groups is 2. The Morgan fingerprint density at radius 2 is 1.85 bits per heavy atom. The monoisotopic (exact) mass is 570 g/mol. The molecule has 2 amide bonds. The van der Waals surface area contributed by atoms with Crippen LogP contribution in [-0.2, 0) is 6.18 Å². The molecule has 2 atom stereocenters.